The highest BCUT2D eigenvalue weighted by Crippen LogP contribution is 2.29. The molecule has 0 aliphatic rings. The van der Waals surface area contributed by atoms with Gasteiger partial charge in [-0.3, -0.25) is 4.68 Å². The fourth-order valence-corrected chi connectivity index (χ4v) is 1.65. The molecule has 1 heterocycles. The van der Waals surface area contributed by atoms with Crippen molar-refractivity contribution in [1.82, 2.24) is 14.8 Å². The summed E-state index contributed by atoms with van der Waals surface area (Å²) in [5.74, 6) is 0. The normalized spacial score (nSPS) is 11.7. The Hall–Kier alpha value is -1.85. The van der Waals surface area contributed by atoms with Gasteiger partial charge in [0.25, 0.3) is 0 Å². The lowest BCUT2D eigenvalue weighted by Crippen LogP contribution is -2.05. The summed E-state index contributed by atoms with van der Waals surface area (Å²) in [4.78, 5) is 3.81. The van der Waals surface area contributed by atoms with Gasteiger partial charge >= 0.3 is 6.18 Å². The third kappa shape index (κ3) is 3.32. The van der Waals surface area contributed by atoms with Crippen molar-refractivity contribution in [1.29, 1.82) is 0 Å². The standard InChI is InChI=1S/C12H12F3N3/c13-12(14,15)11-5-3-10(4-6-11)2-1-7-18-9-16-8-17-18/h3-6,8-9H,1-2,7H2. The molecule has 0 saturated carbocycles. The molecule has 0 radical (unpaired) electrons. The Morgan fingerprint density at radius 1 is 1.11 bits per heavy atom. The largest absolute Gasteiger partial charge is 0.416 e. The number of nitrogens with zero attached hydrogens (tertiary/aromatic N) is 3. The van der Waals surface area contributed by atoms with Gasteiger partial charge in [0.1, 0.15) is 12.7 Å². The average molecular weight is 255 g/mol. The average Bonchev–Trinajstić information content (AvgIpc) is 2.82. The van der Waals surface area contributed by atoms with E-state index in [0.717, 1.165) is 30.5 Å². The molecular weight excluding hydrogens is 243 g/mol. The number of hydrogen-bond acceptors (Lipinski definition) is 2. The number of aromatic nitrogens is 3. The van der Waals surface area contributed by atoms with Gasteiger partial charge in [-0.1, -0.05) is 12.1 Å². The molecule has 1 aromatic carbocycles. The molecule has 0 fully saturated rings. The predicted molar refractivity (Wildman–Crippen MR) is 59.8 cm³/mol. The number of alkyl halides is 3. The van der Waals surface area contributed by atoms with Gasteiger partial charge in [0.2, 0.25) is 0 Å². The SMILES string of the molecule is FC(F)(F)c1ccc(CCCn2cncn2)cc1. The lowest BCUT2D eigenvalue weighted by Gasteiger charge is -2.07. The summed E-state index contributed by atoms with van der Waals surface area (Å²) in [5.41, 5.74) is 0.283. The molecule has 1 aromatic heterocycles. The summed E-state index contributed by atoms with van der Waals surface area (Å²) in [5, 5.41) is 3.95. The second kappa shape index (κ2) is 5.20. The highest BCUT2D eigenvalue weighted by Gasteiger charge is 2.29. The summed E-state index contributed by atoms with van der Waals surface area (Å²) >= 11 is 0. The molecule has 0 unspecified atom stereocenters. The zero-order chi connectivity index (χ0) is 13.0. The summed E-state index contributed by atoms with van der Waals surface area (Å²) in [6, 6.07) is 5.27. The number of halogens is 3. The lowest BCUT2D eigenvalue weighted by atomic mass is 10.1. The van der Waals surface area contributed by atoms with Crippen LogP contribution in [-0.2, 0) is 19.1 Å². The molecule has 0 saturated heterocycles. The minimum atomic E-state index is -4.26. The van der Waals surface area contributed by atoms with Crippen LogP contribution in [0.5, 0.6) is 0 Å². The molecule has 6 heteroatoms. The van der Waals surface area contributed by atoms with Gasteiger partial charge < -0.3 is 0 Å². The van der Waals surface area contributed by atoms with Gasteiger partial charge in [-0.25, -0.2) is 4.98 Å². The van der Waals surface area contributed by atoms with Crippen LogP contribution in [0.3, 0.4) is 0 Å². The van der Waals surface area contributed by atoms with E-state index in [1.807, 2.05) is 0 Å². The fourth-order valence-electron chi connectivity index (χ4n) is 1.65. The minimum absolute atomic E-state index is 0.609. The van der Waals surface area contributed by atoms with Crippen LogP contribution >= 0.6 is 0 Å². The van der Waals surface area contributed by atoms with Crippen LogP contribution in [0, 0.1) is 0 Å². The Kier molecular flexibility index (Phi) is 3.64. The summed E-state index contributed by atoms with van der Waals surface area (Å²) in [6.07, 6.45) is 0.344. The van der Waals surface area contributed by atoms with Crippen LogP contribution in [0.15, 0.2) is 36.9 Å². The van der Waals surface area contributed by atoms with Crippen molar-refractivity contribution in [2.75, 3.05) is 0 Å². The van der Waals surface area contributed by atoms with Gasteiger partial charge in [-0.2, -0.15) is 18.3 Å². The van der Waals surface area contributed by atoms with Crippen LogP contribution < -0.4 is 0 Å². The first-order chi connectivity index (χ1) is 8.55. The van der Waals surface area contributed by atoms with Gasteiger partial charge in [0, 0.05) is 6.54 Å². The molecule has 96 valence electrons. The molecule has 0 amide bonds. The number of hydrogen-bond donors (Lipinski definition) is 0. The highest BCUT2D eigenvalue weighted by atomic mass is 19.4. The molecular formula is C12H12F3N3. The van der Waals surface area contributed by atoms with E-state index in [0.29, 0.717) is 6.54 Å². The summed E-state index contributed by atoms with van der Waals surface area (Å²) < 4.78 is 38.7. The number of rotatable bonds is 4. The monoisotopic (exact) mass is 255 g/mol. The van der Waals surface area contributed by atoms with E-state index in [1.165, 1.54) is 18.5 Å². The number of benzene rings is 1. The van der Waals surface area contributed by atoms with E-state index >= 15 is 0 Å². The van der Waals surface area contributed by atoms with Crippen molar-refractivity contribution in [3.05, 3.63) is 48.0 Å². The fraction of sp³-hybridized carbons (Fsp3) is 0.333. The van der Waals surface area contributed by atoms with Crippen molar-refractivity contribution < 1.29 is 13.2 Å². The summed E-state index contributed by atoms with van der Waals surface area (Å²) in [6.45, 7) is 0.709. The molecule has 0 N–H and O–H groups in total. The van der Waals surface area contributed by atoms with E-state index in [4.69, 9.17) is 0 Å². The second-order valence-electron chi connectivity index (χ2n) is 3.96. The molecule has 0 bridgehead atoms. The topological polar surface area (TPSA) is 30.7 Å². The third-order valence-electron chi connectivity index (χ3n) is 2.60. The first kappa shape index (κ1) is 12.6. The van der Waals surface area contributed by atoms with Crippen LogP contribution in [0.4, 0.5) is 13.2 Å². The molecule has 2 rings (SSSR count). The molecule has 2 aromatic rings. The van der Waals surface area contributed by atoms with E-state index in [1.54, 1.807) is 11.0 Å². The van der Waals surface area contributed by atoms with E-state index in [2.05, 4.69) is 10.1 Å². The molecule has 0 aliphatic carbocycles. The van der Waals surface area contributed by atoms with Crippen molar-refractivity contribution in [3.63, 3.8) is 0 Å². The Balaban J connectivity index is 1.87. The number of aryl methyl sites for hydroxylation is 2. The zero-order valence-electron chi connectivity index (χ0n) is 9.56. The van der Waals surface area contributed by atoms with E-state index in [-0.39, 0.29) is 0 Å². The first-order valence-corrected chi connectivity index (χ1v) is 5.54. The molecule has 0 aliphatic heterocycles. The summed E-state index contributed by atoms with van der Waals surface area (Å²) in [7, 11) is 0. The minimum Gasteiger partial charge on any atom is -0.253 e. The predicted octanol–water partition coefficient (Wildman–Crippen LogP) is 2.93. The smallest absolute Gasteiger partial charge is 0.253 e. The Morgan fingerprint density at radius 2 is 1.83 bits per heavy atom. The van der Waals surface area contributed by atoms with Crippen LogP contribution in [0.1, 0.15) is 17.5 Å². The second-order valence-corrected chi connectivity index (χ2v) is 3.96. The Labute approximate surface area is 102 Å². The maximum absolute atomic E-state index is 12.3. The van der Waals surface area contributed by atoms with Crippen LogP contribution in [-0.4, -0.2) is 14.8 Å². The Morgan fingerprint density at radius 3 is 2.39 bits per heavy atom. The van der Waals surface area contributed by atoms with Crippen molar-refractivity contribution in [2.24, 2.45) is 0 Å². The maximum Gasteiger partial charge on any atom is 0.416 e. The van der Waals surface area contributed by atoms with Gasteiger partial charge in [0.15, 0.2) is 0 Å². The first-order valence-electron chi connectivity index (χ1n) is 5.54. The molecule has 0 spiro atoms. The third-order valence-corrected chi connectivity index (χ3v) is 2.60. The zero-order valence-corrected chi connectivity index (χ0v) is 9.56. The van der Waals surface area contributed by atoms with Crippen molar-refractivity contribution >= 4 is 0 Å². The molecule has 3 nitrogen and oxygen atoms in total. The van der Waals surface area contributed by atoms with Crippen molar-refractivity contribution in [3.8, 4) is 0 Å². The van der Waals surface area contributed by atoms with E-state index < -0.39 is 11.7 Å². The van der Waals surface area contributed by atoms with Crippen LogP contribution in [0.25, 0.3) is 0 Å². The Bertz CT molecular complexity index is 474. The van der Waals surface area contributed by atoms with E-state index in [9.17, 15) is 13.2 Å². The van der Waals surface area contributed by atoms with Gasteiger partial charge in [-0.05, 0) is 30.5 Å². The molecule has 18 heavy (non-hydrogen) atoms. The quantitative estimate of drug-likeness (QED) is 0.841. The van der Waals surface area contributed by atoms with Crippen LogP contribution in [0.2, 0.25) is 0 Å². The maximum atomic E-state index is 12.3. The molecule has 0 atom stereocenters. The van der Waals surface area contributed by atoms with Gasteiger partial charge in [-0.15, -0.1) is 0 Å². The van der Waals surface area contributed by atoms with Crippen molar-refractivity contribution in [2.45, 2.75) is 25.6 Å². The lowest BCUT2D eigenvalue weighted by molar-refractivity contribution is -0.137. The highest BCUT2D eigenvalue weighted by molar-refractivity contribution is 5.24. The van der Waals surface area contributed by atoms with Gasteiger partial charge in [0.05, 0.1) is 5.56 Å².